The van der Waals surface area contributed by atoms with Gasteiger partial charge in [0, 0.05) is 18.0 Å². The number of hydrogen-bond acceptors (Lipinski definition) is 3. The van der Waals surface area contributed by atoms with Crippen molar-refractivity contribution < 1.29 is 9.90 Å². The van der Waals surface area contributed by atoms with Crippen LogP contribution in [0.4, 0.5) is 0 Å². The molecular weight excluding hydrogens is 254 g/mol. The lowest BCUT2D eigenvalue weighted by Crippen LogP contribution is -2.46. The lowest BCUT2D eigenvalue weighted by molar-refractivity contribution is 0.0268. The molecule has 1 heterocycles. The molecule has 1 fully saturated rings. The van der Waals surface area contributed by atoms with Crippen LogP contribution in [-0.2, 0) is 0 Å². The van der Waals surface area contributed by atoms with Crippen LogP contribution < -0.4 is 0 Å². The van der Waals surface area contributed by atoms with Crippen molar-refractivity contribution in [1.29, 1.82) is 0 Å². The molecule has 2 N–H and O–H groups in total. The molecule has 2 atom stereocenters. The van der Waals surface area contributed by atoms with Crippen LogP contribution in [0.5, 0.6) is 0 Å². The number of carbonyl (C=O) groups is 1. The van der Waals surface area contributed by atoms with Gasteiger partial charge < -0.3 is 10.0 Å². The summed E-state index contributed by atoms with van der Waals surface area (Å²) in [6.07, 6.45) is 5.09. The molecular formula is C15H19N3O2. The van der Waals surface area contributed by atoms with E-state index in [1.807, 2.05) is 18.2 Å². The number of rotatable bonds is 2. The van der Waals surface area contributed by atoms with E-state index < -0.39 is 6.10 Å². The summed E-state index contributed by atoms with van der Waals surface area (Å²) in [5.41, 5.74) is 1.48. The zero-order valence-electron chi connectivity index (χ0n) is 11.5. The van der Waals surface area contributed by atoms with Crippen molar-refractivity contribution in [3.8, 4) is 0 Å². The fraction of sp³-hybridized carbons (Fsp3) is 0.467. The van der Waals surface area contributed by atoms with Crippen molar-refractivity contribution in [3.63, 3.8) is 0 Å². The molecule has 1 aromatic carbocycles. The van der Waals surface area contributed by atoms with Gasteiger partial charge in [0.05, 0.1) is 23.9 Å². The summed E-state index contributed by atoms with van der Waals surface area (Å²) in [7, 11) is 1.78. The summed E-state index contributed by atoms with van der Waals surface area (Å²) < 4.78 is 0. The highest BCUT2D eigenvalue weighted by Crippen LogP contribution is 2.24. The molecule has 1 saturated carbocycles. The van der Waals surface area contributed by atoms with Crippen molar-refractivity contribution in [1.82, 2.24) is 15.1 Å². The van der Waals surface area contributed by atoms with Gasteiger partial charge in [-0.05, 0) is 25.0 Å². The Morgan fingerprint density at radius 2 is 2.20 bits per heavy atom. The second kappa shape index (κ2) is 5.25. The van der Waals surface area contributed by atoms with Gasteiger partial charge in [-0.3, -0.25) is 9.89 Å². The Kier molecular flexibility index (Phi) is 3.44. The standard InChI is InChI=1S/C15H19N3O2/c1-18(13-4-2-3-5-14(13)19)15(20)10-6-7-11-9-16-17-12(11)8-10/h6-9,13-14,19H,2-5H2,1H3,(H,16,17). The van der Waals surface area contributed by atoms with E-state index in [1.54, 1.807) is 18.1 Å². The molecule has 0 aliphatic heterocycles. The fourth-order valence-corrected chi connectivity index (χ4v) is 2.97. The molecule has 20 heavy (non-hydrogen) atoms. The van der Waals surface area contributed by atoms with Crippen LogP contribution in [0.1, 0.15) is 36.0 Å². The molecule has 3 rings (SSSR count). The molecule has 0 radical (unpaired) electrons. The summed E-state index contributed by atoms with van der Waals surface area (Å²) in [6.45, 7) is 0. The summed E-state index contributed by atoms with van der Waals surface area (Å²) in [4.78, 5) is 14.2. The normalized spacial score (nSPS) is 22.9. The van der Waals surface area contributed by atoms with Crippen LogP contribution in [0, 0.1) is 0 Å². The van der Waals surface area contributed by atoms with Gasteiger partial charge in [-0.25, -0.2) is 0 Å². The molecule has 1 amide bonds. The van der Waals surface area contributed by atoms with Crippen LogP contribution in [0.15, 0.2) is 24.4 Å². The van der Waals surface area contributed by atoms with Crippen molar-refractivity contribution in [2.24, 2.45) is 0 Å². The second-order valence-corrected chi connectivity index (χ2v) is 5.51. The number of hydrogen-bond donors (Lipinski definition) is 2. The van der Waals surface area contributed by atoms with Gasteiger partial charge in [0.2, 0.25) is 0 Å². The highest BCUT2D eigenvalue weighted by molar-refractivity contribution is 5.97. The maximum Gasteiger partial charge on any atom is 0.254 e. The summed E-state index contributed by atoms with van der Waals surface area (Å²) >= 11 is 0. The van der Waals surface area contributed by atoms with E-state index in [0.717, 1.165) is 36.6 Å². The zero-order valence-corrected chi connectivity index (χ0v) is 11.5. The van der Waals surface area contributed by atoms with E-state index in [2.05, 4.69) is 10.2 Å². The molecule has 1 aliphatic rings. The highest BCUT2D eigenvalue weighted by atomic mass is 16.3. The van der Waals surface area contributed by atoms with Crippen molar-refractivity contribution in [2.75, 3.05) is 7.05 Å². The molecule has 0 spiro atoms. The van der Waals surface area contributed by atoms with Gasteiger partial charge in [0.1, 0.15) is 0 Å². The number of amides is 1. The number of nitrogens with zero attached hydrogens (tertiary/aromatic N) is 2. The van der Waals surface area contributed by atoms with Gasteiger partial charge in [-0.2, -0.15) is 5.10 Å². The molecule has 1 aromatic heterocycles. The Morgan fingerprint density at radius 3 is 3.00 bits per heavy atom. The number of likely N-dealkylation sites (N-methyl/N-ethyl adjacent to an activating group) is 1. The molecule has 2 unspecified atom stereocenters. The minimum Gasteiger partial charge on any atom is -0.391 e. The number of benzene rings is 1. The first-order valence-corrected chi connectivity index (χ1v) is 7.05. The Morgan fingerprint density at radius 1 is 1.40 bits per heavy atom. The molecule has 106 valence electrons. The fourth-order valence-electron chi connectivity index (χ4n) is 2.97. The Bertz CT molecular complexity index is 622. The number of aliphatic hydroxyl groups excluding tert-OH is 1. The number of nitrogens with one attached hydrogen (secondary N) is 1. The summed E-state index contributed by atoms with van der Waals surface area (Å²) in [5, 5.41) is 17.9. The largest absolute Gasteiger partial charge is 0.391 e. The maximum absolute atomic E-state index is 12.5. The smallest absolute Gasteiger partial charge is 0.254 e. The van der Waals surface area contributed by atoms with Gasteiger partial charge in [0.25, 0.3) is 5.91 Å². The van der Waals surface area contributed by atoms with Crippen LogP contribution in [0.2, 0.25) is 0 Å². The third-order valence-electron chi connectivity index (χ3n) is 4.20. The quantitative estimate of drug-likeness (QED) is 0.878. The van der Waals surface area contributed by atoms with E-state index in [0.29, 0.717) is 5.56 Å². The van der Waals surface area contributed by atoms with Crippen molar-refractivity contribution >= 4 is 16.8 Å². The van der Waals surface area contributed by atoms with Crippen LogP contribution in [0.3, 0.4) is 0 Å². The van der Waals surface area contributed by atoms with Crippen molar-refractivity contribution in [2.45, 2.75) is 37.8 Å². The summed E-state index contributed by atoms with van der Waals surface area (Å²) in [6, 6.07) is 5.44. The number of aromatic amines is 1. The van der Waals surface area contributed by atoms with Gasteiger partial charge in [-0.15, -0.1) is 0 Å². The monoisotopic (exact) mass is 273 g/mol. The summed E-state index contributed by atoms with van der Waals surface area (Å²) in [5.74, 6) is -0.0487. The second-order valence-electron chi connectivity index (χ2n) is 5.51. The molecule has 5 nitrogen and oxygen atoms in total. The third kappa shape index (κ3) is 2.29. The first-order valence-electron chi connectivity index (χ1n) is 7.05. The molecule has 1 aliphatic carbocycles. The highest BCUT2D eigenvalue weighted by Gasteiger charge is 2.29. The lowest BCUT2D eigenvalue weighted by Gasteiger charge is -2.35. The van der Waals surface area contributed by atoms with E-state index in [-0.39, 0.29) is 11.9 Å². The van der Waals surface area contributed by atoms with E-state index >= 15 is 0 Å². The Hall–Kier alpha value is -1.88. The SMILES string of the molecule is CN(C(=O)c1ccc2cn[nH]c2c1)C1CCCCC1O. The third-order valence-corrected chi connectivity index (χ3v) is 4.20. The first-order chi connectivity index (χ1) is 9.66. The minimum absolute atomic E-state index is 0.0487. The van der Waals surface area contributed by atoms with Crippen molar-refractivity contribution in [3.05, 3.63) is 30.0 Å². The lowest BCUT2D eigenvalue weighted by atomic mass is 9.91. The Labute approximate surface area is 117 Å². The maximum atomic E-state index is 12.5. The molecule has 0 saturated heterocycles. The number of fused-ring (bicyclic) bond motifs is 1. The van der Waals surface area contributed by atoms with E-state index in [1.165, 1.54) is 0 Å². The van der Waals surface area contributed by atoms with E-state index in [4.69, 9.17) is 0 Å². The van der Waals surface area contributed by atoms with Crippen LogP contribution in [-0.4, -0.2) is 45.3 Å². The average Bonchev–Trinajstić information content (AvgIpc) is 2.93. The van der Waals surface area contributed by atoms with Gasteiger partial charge >= 0.3 is 0 Å². The predicted molar refractivity (Wildman–Crippen MR) is 76.5 cm³/mol. The Balaban J connectivity index is 1.83. The van der Waals surface area contributed by atoms with Gasteiger partial charge in [-0.1, -0.05) is 18.9 Å². The molecule has 0 bridgehead atoms. The zero-order chi connectivity index (χ0) is 14.1. The van der Waals surface area contributed by atoms with E-state index in [9.17, 15) is 9.90 Å². The molecule has 2 aromatic rings. The van der Waals surface area contributed by atoms with Crippen LogP contribution in [0.25, 0.3) is 10.9 Å². The number of carbonyl (C=O) groups excluding carboxylic acids is 1. The number of aromatic nitrogens is 2. The number of aliphatic hydroxyl groups is 1. The minimum atomic E-state index is -0.409. The average molecular weight is 273 g/mol. The van der Waals surface area contributed by atoms with Gasteiger partial charge in [0.15, 0.2) is 0 Å². The predicted octanol–water partition coefficient (Wildman–Crippen LogP) is 1.94. The molecule has 5 heteroatoms. The number of H-pyrrole nitrogens is 1. The van der Waals surface area contributed by atoms with Crippen LogP contribution >= 0.6 is 0 Å². The first kappa shape index (κ1) is 13.1. The topological polar surface area (TPSA) is 69.2 Å².